The van der Waals surface area contributed by atoms with Crippen molar-refractivity contribution in [2.75, 3.05) is 18.9 Å². The van der Waals surface area contributed by atoms with Gasteiger partial charge < -0.3 is 19.5 Å². The second-order valence-corrected chi connectivity index (χ2v) is 13.4. The summed E-state index contributed by atoms with van der Waals surface area (Å²) in [6.45, 7) is 5.08. The Balaban J connectivity index is 0.00000768. The number of likely N-dealkylation sites (tertiary alicyclic amines) is 1. The van der Waals surface area contributed by atoms with E-state index >= 15 is 0 Å². The van der Waals surface area contributed by atoms with Crippen LogP contribution in [0.3, 0.4) is 0 Å². The molecule has 0 radical (unpaired) electrons. The molecule has 1 unspecified atom stereocenters. The summed E-state index contributed by atoms with van der Waals surface area (Å²) in [7, 11) is -4.09. The number of carboxylic acids is 1. The van der Waals surface area contributed by atoms with Crippen LogP contribution in [-0.2, 0) is 34.6 Å². The van der Waals surface area contributed by atoms with Gasteiger partial charge in [-0.25, -0.2) is 0 Å². The number of nitrogens with zero attached hydrogens (tertiary/aromatic N) is 1. The van der Waals surface area contributed by atoms with E-state index in [1.807, 2.05) is 0 Å². The minimum absolute atomic E-state index is 0. The van der Waals surface area contributed by atoms with E-state index in [0.29, 0.717) is 0 Å². The topological polar surface area (TPSA) is 113 Å². The van der Waals surface area contributed by atoms with Gasteiger partial charge in [0.05, 0.1) is 18.9 Å². The predicted molar refractivity (Wildman–Crippen MR) is 148 cm³/mol. The van der Waals surface area contributed by atoms with E-state index in [1.165, 1.54) is 4.90 Å². The zero-order valence-electron chi connectivity index (χ0n) is 31.1. The van der Waals surface area contributed by atoms with E-state index < -0.39 is 98.2 Å². The first-order chi connectivity index (χ1) is 21.4. The third-order valence-corrected chi connectivity index (χ3v) is 9.81. The van der Waals surface area contributed by atoms with Crippen molar-refractivity contribution < 1.29 is 72.5 Å². The average molecular weight is 593 g/mol. The zero-order chi connectivity index (χ0) is 34.6. The Bertz CT molecular complexity index is 1320. The van der Waals surface area contributed by atoms with Crippen molar-refractivity contribution in [2.24, 2.45) is 17.8 Å². The minimum atomic E-state index is -4.09. The summed E-state index contributed by atoms with van der Waals surface area (Å²) in [6, 6.07) is -4.59. The minimum Gasteiger partial charge on any atom is -0.548 e. The first kappa shape index (κ1) is 25.3. The second-order valence-electron chi connectivity index (χ2n) is 10.8. The Kier molecular flexibility index (Phi) is 10.8. The van der Waals surface area contributed by atoms with Gasteiger partial charge in [-0.1, -0.05) is 83.1 Å². The summed E-state index contributed by atoms with van der Waals surface area (Å²) < 4.78 is 82.7. The molecule has 0 aromatic heterocycles. The van der Waals surface area contributed by atoms with Crippen molar-refractivity contribution in [2.45, 2.75) is 97.3 Å². The number of hydrogen-bond acceptors (Lipinski definition) is 7. The fraction of sp³-hybridized carbons (Fsp3) is 0.700. The van der Waals surface area contributed by atoms with Gasteiger partial charge in [-0.15, -0.1) is 0 Å². The summed E-state index contributed by atoms with van der Waals surface area (Å²) in [6.07, 6.45) is -0.100. The van der Waals surface area contributed by atoms with Crippen LogP contribution in [0.5, 0.6) is 0 Å². The molecule has 1 saturated carbocycles. The van der Waals surface area contributed by atoms with Gasteiger partial charge >= 0.3 is 35.5 Å². The molecule has 1 saturated heterocycles. The van der Waals surface area contributed by atoms with E-state index in [4.69, 9.17) is 18.9 Å². The fourth-order valence-corrected chi connectivity index (χ4v) is 7.57. The first-order valence-corrected chi connectivity index (χ1v) is 16.0. The number of ether oxygens (including phenoxy) is 1. The van der Waals surface area contributed by atoms with Crippen LogP contribution in [0.4, 0.5) is 0 Å². The quantitative estimate of drug-likeness (QED) is 0.140. The average Bonchev–Trinajstić information content (AvgIpc) is 3.45. The molecule has 1 aliphatic heterocycles. The maximum Gasteiger partial charge on any atom is 1.00 e. The largest absolute Gasteiger partial charge is 1.00 e. The number of benzene rings is 1. The fourth-order valence-electron chi connectivity index (χ4n) is 5.33. The van der Waals surface area contributed by atoms with E-state index in [9.17, 15) is 24.1 Å². The molecule has 0 bridgehead atoms. The monoisotopic (exact) mass is 592 g/mol. The summed E-state index contributed by atoms with van der Waals surface area (Å²) in [5, 5.41) is 12.1. The van der Waals surface area contributed by atoms with Gasteiger partial charge in [-0.2, -0.15) is 0 Å². The van der Waals surface area contributed by atoms with E-state index in [-0.39, 0.29) is 73.4 Å². The first-order valence-electron chi connectivity index (χ1n) is 17.5. The number of hydrogen-bond donors (Lipinski definition) is 0. The molecule has 2 fully saturated rings. The zero-order valence-corrected chi connectivity index (χ0v) is 27.0. The van der Waals surface area contributed by atoms with E-state index in [2.05, 4.69) is 0 Å². The molecule has 1 heterocycles. The molecule has 0 spiro atoms. The number of amides is 1. The molecule has 8 nitrogen and oxygen atoms in total. The molecule has 40 heavy (non-hydrogen) atoms. The van der Waals surface area contributed by atoms with Crippen molar-refractivity contribution in [1.29, 1.82) is 0 Å². The van der Waals surface area contributed by atoms with Gasteiger partial charge in [-0.05, 0) is 43.0 Å². The third kappa shape index (κ3) is 10.6. The van der Waals surface area contributed by atoms with Crippen LogP contribution in [0.15, 0.2) is 30.2 Å². The number of carbonyl (C=O) groups excluding carboxylic acids is 3. The number of aliphatic carboxylic acids is 1. The van der Waals surface area contributed by atoms with E-state index in [1.54, 1.807) is 20.8 Å². The Hall–Kier alpha value is -1.18. The van der Waals surface area contributed by atoms with Crippen LogP contribution in [0.1, 0.15) is 93.7 Å². The molecule has 10 heteroatoms. The normalized spacial score (nSPS) is 24.7. The van der Waals surface area contributed by atoms with Crippen molar-refractivity contribution in [3.05, 3.63) is 35.8 Å². The van der Waals surface area contributed by atoms with Gasteiger partial charge in [0, 0.05) is 27.8 Å². The number of esters is 1. The molecule has 1 aromatic rings. The SMILES string of the molecule is [2H]c1c([2H])c([2H])c(C([2H])([2H])CCCP(=O)(CC(=O)N2C[C@H](C3CCCCC3)C[C@H]2C(=O)[O-])O[C@H](OC(=O)CC)C(C)C)c([2H])c1[2H].[Na+]. The predicted octanol–water partition coefficient (Wildman–Crippen LogP) is 1.79. The van der Waals surface area contributed by atoms with Crippen LogP contribution in [0.25, 0.3) is 0 Å². The van der Waals surface area contributed by atoms with Crippen molar-refractivity contribution in [3.63, 3.8) is 0 Å². The van der Waals surface area contributed by atoms with Gasteiger partial charge in [0.2, 0.25) is 19.6 Å². The number of carbonyl (C=O) groups is 3. The van der Waals surface area contributed by atoms with Gasteiger partial charge in [0.15, 0.2) is 0 Å². The van der Waals surface area contributed by atoms with Crippen LogP contribution in [0.2, 0.25) is 0 Å². The number of carboxylic acid groups (broad SMARTS) is 1. The second kappa shape index (κ2) is 17.1. The van der Waals surface area contributed by atoms with E-state index in [0.717, 1.165) is 32.1 Å². The standard InChI is InChI=1S/C30H46NO7P.Na/c1-4-28(33)37-30(22(2)3)38-39(36,18-12-11-15-23-13-7-5-8-14-23)21-27(32)31-20-25(19-26(31)29(34)35)24-16-9-6-10-17-24;/h5,7-8,13-14,22,24-26,30H,4,6,9-12,15-21H2,1-3H3,(H,34,35);/q;+1/p-1/t25-,26+,30+,39?;/m1./s1/i5D,7D,8D,13D,14D,15D2;. The molecule has 1 amide bonds. The van der Waals surface area contributed by atoms with Crippen molar-refractivity contribution >= 4 is 25.2 Å². The molecule has 218 valence electrons. The molecule has 4 atom stereocenters. The van der Waals surface area contributed by atoms with Gasteiger partial charge in [0.1, 0.15) is 6.16 Å². The maximum absolute atomic E-state index is 14.4. The third-order valence-electron chi connectivity index (χ3n) is 7.47. The maximum atomic E-state index is 14.4. The molecule has 2 aliphatic rings. The van der Waals surface area contributed by atoms with Gasteiger partial charge in [-0.3, -0.25) is 18.7 Å². The molecule has 1 aliphatic carbocycles. The molecule has 0 N–H and O–H groups in total. The Morgan fingerprint density at radius 3 is 2.40 bits per heavy atom. The molecule has 1 aromatic carbocycles. The summed E-state index contributed by atoms with van der Waals surface area (Å²) in [5.74, 6) is -2.97. The smallest absolute Gasteiger partial charge is 0.548 e. The van der Waals surface area contributed by atoms with Crippen LogP contribution in [0, 0.1) is 17.8 Å². The van der Waals surface area contributed by atoms with Crippen LogP contribution >= 0.6 is 7.37 Å². The Labute approximate surface area is 271 Å². The van der Waals surface area contributed by atoms with Crippen molar-refractivity contribution in [1.82, 2.24) is 4.90 Å². The van der Waals surface area contributed by atoms with Gasteiger partial charge in [0.25, 0.3) is 0 Å². The Morgan fingerprint density at radius 2 is 1.80 bits per heavy atom. The van der Waals surface area contributed by atoms with Crippen LogP contribution < -0.4 is 34.7 Å². The summed E-state index contributed by atoms with van der Waals surface area (Å²) >= 11 is 0. The molecule has 3 rings (SSSR count). The Morgan fingerprint density at radius 1 is 1.12 bits per heavy atom. The molecular weight excluding hydrogens is 540 g/mol. The van der Waals surface area contributed by atoms with Crippen LogP contribution in [-0.4, -0.2) is 53.9 Å². The number of rotatable bonds is 14. The van der Waals surface area contributed by atoms with Crippen molar-refractivity contribution in [3.8, 4) is 0 Å². The summed E-state index contributed by atoms with van der Waals surface area (Å²) in [4.78, 5) is 39.1. The molecular formula is C30H45NNaO7P. The summed E-state index contributed by atoms with van der Waals surface area (Å²) in [5.41, 5.74) is -0.537.